The van der Waals surface area contributed by atoms with Crippen molar-refractivity contribution in [2.24, 2.45) is 0 Å². The van der Waals surface area contributed by atoms with E-state index < -0.39 is 10.0 Å². The zero-order chi connectivity index (χ0) is 13.9. The molecule has 0 saturated carbocycles. The van der Waals surface area contributed by atoms with E-state index >= 15 is 0 Å². The lowest BCUT2D eigenvalue weighted by Crippen LogP contribution is -2.14. The molecule has 2 aromatic rings. The normalized spacial score (nSPS) is 11.5. The number of nitrogens with one attached hydrogen (secondary N) is 2. The van der Waals surface area contributed by atoms with Gasteiger partial charge in [-0.2, -0.15) is 11.3 Å². The summed E-state index contributed by atoms with van der Waals surface area (Å²) in [5.41, 5.74) is 1.40. The molecule has 4 nitrogen and oxygen atoms in total. The van der Waals surface area contributed by atoms with Gasteiger partial charge in [-0.3, -0.25) is 4.72 Å². The second-order valence-electron chi connectivity index (χ2n) is 3.91. The SMILES string of the molecule is CNCc1ccc(Cl)c(S(=O)(=O)Nc2ccsc2)c1. The largest absolute Gasteiger partial charge is 0.316 e. The molecular weight excluding hydrogens is 304 g/mol. The lowest BCUT2D eigenvalue weighted by molar-refractivity contribution is 0.601. The van der Waals surface area contributed by atoms with Gasteiger partial charge in [0.2, 0.25) is 0 Å². The van der Waals surface area contributed by atoms with Crippen LogP contribution in [-0.4, -0.2) is 15.5 Å². The molecule has 0 spiro atoms. The Labute approximate surface area is 121 Å². The standard InChI is InChI=1S/C12H13ClN2O2S2/c1-14-7-9-2-3-11(13)12(6-9)19(16,17)15-10-4-5-18-8-10/h2-6,8,14-15H,7H2,1H3. The molecule has 0 radical (unpaired) electrons. The first-order valence-corrected chi connectivity index (χ1v) is 8.31. The molecule has 0 atom stereocenters. The second kappa shape index (κ2) is 5.92. The first-order valence-electron chi connectivity index (χ1n) is 5.51. The van der Waals surface area contributed by atoms with Crippen molar-refractivity contribution in [3.8, 4) is 0 Å². The zero-order valence-corrected chi connectivity index (χ0v) is 12.6. The van der Waals surface area contributed by atoms with Gasteiger partial charge in [0.1, 0.15) is 4.90 Å². The van der Waals surface area contributed by atoms with E-state index in [2.05, 4.69) is 10.0 Å². The van der Waals surface area contributed by atoms with Crippen molar-refractivity contribution in [1.29, 1.82) is 0 Å². The quantitative estimate of drug-likeness (QED) is 0.891. The Morgan fingerprint density at radius 3 is 2.74 bits per heavy atom. The summed E-state index contributed by atoms with van der Waals surface area (Å²) in [4.78, 5) is 0.0908. The van der Waals surface area contributed by atoms with Crippen LogP contribution in [0.4, 0.5) is 5.69 Å². The topological polar surface area (TPSA) is 58.2 Å². The lowest BCUT2D eigenvalue weighted by Gasteiger charge is -2.10. The fraction of sp³-hybridized carbons (Fsp3) is 0.167. The number of thiophene rings is 1. The minimum Gasteiger partial charge on any atom is -0.316 e. The first-order chi connectivity index (χ1) is 9.03. The Hall–Kier alpha value is -1.08. The summed E-state index contributed by atoms with van der Waals surface area (Å²) in [5.74, 6) is 0. The van der Waals surface area contributed by atoms with Crippen molar-refractivity contribution >= 4 is 38.6 Å². The van der Waals surface area contributed by atoms with Crippen molar-refractivity contribution in [3.05, 3.63) is 45.6 Å². The van der Waals surface area contributed by atoms with E-state index in [4.69, 9.17) is 11.6 Å². The molecule has 0 amide bonds. The average Bonchev–Trinajstić information content (AvgIpc) is 2.84. The number of halogens is 1. The van der Waals surface area contributed by atoms with Crippen LogP contribution in [0, 0.1) is 0 Å². The van der Waals surface area contributed by atoms with E-state index in [-0.39, 0.29) is 9.92 Å². The zero-order valence-electron chi connectivity index (χ0n) is 10.2. The van der Waals surface area contributed by atoms with Crippen LogP contribution in [0.5, 0.6) is 0 Å². The molecule has 1 heterocycles. The molecule has 0 saturated heterocycles. The van der Waals surface area contributed by atoms with Gasteiger partial charge in [0.15, 0.2) is 0 Å². The summed E-state index contributed by atoms with van der Waals surface area (Å²) in [5, 5.41) is 6.71. The highest BCUT2D eigenvalue weighted by Gasteiger charge is 2.18. The molecule has 19 heavy (non-hydrogen) atoms. The van der Waals surface area contributed by atoms with E-state index in [1.807, 2.05) is 0 Å². The Balaban J connectivity index is 2.36. The van der Waals surface area contributed by atoms with Gasteiger partial charge < -0.3 is 5.32 Å². The fourth-order valence-electron chi connectivity index (χ4n) is 1.60. The Kier molecular flexibility index (Phi) is 4.46. The fourth-order valence-corrected chi connectivity index (χ4v) is 3.86. The molecular formula is C12H13ClN2O2S2. The number of rotatable bonds is 5. The van der Waals surface area contributed by atoms with E-state index in [1.165, 1.54) is 11.3 Å². The predicted octanol–water partition coefficient (Wildman–Crippen LogP) is 2.92. The van der Waals surface area contributed by atoms with Gasteiger partial charge in [0.05, 0.1) is 10.7 Å². The summed E-state index contributed by atoms with van der Waals surface area (Å²) in [6.45, 7) is 0.581. The highest BCUT2D eigenvalue weighted by Crippen LogP contribution is 2.25. The maximum atomic E-state index is 12.3. The van der Waals surface area contributed by atoms with Gasteiger partial charge in [-0.25, -0.2) is 8.42 Å². The molecule has 1 aromatic carbocycles. The third kappa shape index (κ3) is 3.48. The van der Waals surface area contributed by atoms with Gasteiger partial charge in [0.25, 0.3) is 10.0 Å². The summed E-state index contributed by atoms with van der Waals surface area (Å²) >= 11 is 7.41. The number of hydrogen-bond acceptors (Lipinski definition) is 4. The molecule has 7 heteroatoms. The Bertz CT molecular complexity index is 654. The molecule has 1 aromatic heterocycles. The molecule has 0 aliphatic rings. The highest BCUT2D eigenvalue weighted by molar-refractivity contribution is 7.92. The van der Waals surface area contributed by atoms with Crippen LogP contribution < -0.4 is 10.0 Å². The van der Waals surface area contributed by atoms with Crippen molar-refractivity contribution in [1.82, 2.24) is 5.32 Å². The smallest absolute Gasteiger partial charge is 0.263 e. The summed E-state index contributed by atoms with van der Waals surface area (Å²) in [7, 11) is -1.86. The summed E-state index contributed by atoms with van der Waals surface area (Å²) in [6, 6.07) is 6.67. The number of benzene rings is 1. The molecule has 0 unspecified atom stereocenters. The minimum absolute atomic E-state index is 0.0908. The third-order valence-electron chi connectivity index (χ3n) is 2.44. The van der Waals surface area contributed by atoms with Gasteiger partial charge in [0, 0.05) is 11.9 Å². The molecule has 0 bridgehead atoms. The minimum atomic E-state index is -3.66. The van der Waals surface area contributed by atoms with E-state index in [9.17, 15) is 8.42 Å². The van der Waals surface area contributed by atoms with Crippen molar-refractivity contribution in [3.63, 3.8) is 0 Å². The Morgan fingerprint density at radius 1 is 1.32 bits per heavy atom. The molecule has 0 aliphatic heterocycles. The third-order valence-corrected chi connectivity index (χ3v) is 4.99. The maximum absolute atomic E-state index is 12.3. The number of anilines is 1. The molecule has 2 N–H and O–H groups in total. The summed E-state index contributed by atoms with van der Waals surface area (Å²) in [6.07, 6.45) is 0. The van der Waals surface area contributed by atoms with Crippen LogP contribution in [0.15, 0.2) is 39.9 Å². The molecule has 0 fully saturated rings. The summed E-state index contributed by atoms with van der Waals surface area (Å²) < 4.78 is 27.0. The van der Waals surface area contributed by atoms with Crippen LogP contribution in [0.1, 0.15) is 5.56 Å². The number of sulfonamides is 1. The van der Waals surface area contributed by atoms with E-state index in [0.29, 0.717) is 12.2 Å². The molecule has 0 aliphatic carbocycles. The van der Waals surface area contributed by atoms with Crippen LogP contribution in [-0.2, 0) is 16.6 Å². The van der Waals surface area contributed by atoms with Crippen LogP contribution in [0.25, 0.3) is 0 Å². The van der Waals surface area contributed by atoms with Crippen molar-refractivity contribution < 1.29 is 8.42 Å². The molecule has 102 valence electrons. The van der Waals surface area contributed by atoms with Crippen molar-refractivity contribution in [2.45, 2.75) is 11.4 Å². The van der Waals surface area contributed by atoms with Crippen LogP contribution >= 0.6 is 22.9 Å². The maximum Gasteiger partial charge on any atom is 0.263 e. The van der Waals surface area contributed by atoms with E-state index in [1.54, 1.807) is 42.1 Å². The first kappa shape index (κ1) is 14.3. The van der Waals surface area contributed by atoms with Gasteiger partial charge >= 0.3 is 0 Å². The van der Waals surface area contributed by atoms with E-state index in [0.717, 1.165) is 5.56 Å². The monoisotopic (exact) mass is 316 g/mol. The van der Waals surface area contributed by atoms with Gasteiger partial charge in [-0.05, 0) is 36.2 Å². The van der Waals surface area contributed by atoms with Crippen LogP contribution in [0.2, 0.25) is 5.02 Å². The van der Waals surface area contributed by atoms with Crippen molar-refractivity contribution in [2.75, 3.05) is 11.8 Å². The number of hydrogen-bond donors (Lipinski definition) is 2. The Morgan fingerprint density at radius 2 is 2.11 bits per heavy atom. The van der Waals surface area contributed by atoms with Crippen LogP contribution in [0.3, 0.4) is 0 Å². The van der Waals surface area contributed by atoms with Gasteiger partial charge in [-0.15, -0.1) is 0 Å². The highest BCUT2D eigenvalue weighted by atomic mass is 35.5. The average molecular weight is 317 g/mol. The predicted molar refractivity (Wildman–Crippen MR) is 79.3 cm³/mol. The lowest BCUT2D eigenvalue weighted by atomic mass is 10.2. The molecule has 2 rings (SSSR count). The second-order valence-corrected chi connectivity index (χ2v) is 6.75. The van der Waals surface area contributed by atoms with Gasteiger partial charge in [-0.1, -0.05) is 17.7 Å².